The summed E-state index contributed by atoms with van der Waals surface area (Å²) in [4.78, 5) is 23.7. The highest BCUT2D eigenvalue weighted by molar-refractivity contribution is 5.86. The van der Waals surface area contributed by atoms with Crippen LogP contribution in [-0.4, -0.2) is 23.5 Å². The van der Waals surface area contributed by atoms with E-state index >= 15 is 0 Å². The fourth-order valence-electron chi connectivity index (χ4n) is 3.62. The molecule has 4 atom stereocenters. The molecule has 3 rings (SSSR count). The van der Waals surface area contributed by atoms with Gasteiger partial charge in [0.05, 0.1) is 11.8 Å². The maximum Gasteiger partial charge on any atom is 0.307 e. The molecule has 0 radical (unpaired) electrons. The van der Waals surface area contributed by atoms with Crippen molar-refractivity contribution in [2.24, 2.45) is 23.7 Å². The number of rotatable bonds is 5. The molecule has 2 aliphatic carbocycles. The van der Waals surface area contributed by atoms with Crippen LogP contribution in [0.5, 0.6) is 0 Å². The van der Waals surface area contributed by atoms with Gasteiger partial charge < -0.3 is 10.4 Å². The Morgan fingerprint density at radius 1 is 1.14 bits per heavy atom. The minimum atomic E-state index is -0.893. The Hall–Kier alpha value is -2.17. The average molecular weight is 303 g/mol. The fourth-order valence-corrected chi connectivity index (χ4v) is 3.62. The number of carboxylic acids is 1. The number of carbonyl (C=O) groups is 2. The number of nitrogens with one attached hydrogen (secondary N) is 1. The van der Waals surface area contributed by atoms with Gasteiger partial charge in [-0.3, -0.25) is 9.59 Å². The van der Waals surface area contributed by atoms with E-state index in [1.807, 2.05) is 12.2 Å². The number of amides is 1. The molecule has 0 unspecified atom stereocenters. The monoisotopic (exact) mass is 303 g/mol. The van der Waals surface area contributed by atoms with E-state index in [0.29, 0.717) is 13.0 Å². The van der Waals surface area contributed by atoms with Crippen LogP contribution in [0.25, 0.3) is 0 Å². The lowest BCUT2D eigenvalue weighted by Gasteiger charge is -2.23. The van der Waals surface area contributed by atoms with Crippen LogP contribution in [0.4, 0.5) is 4.39 Å². The van der Waals surface area contributed by atoms with Crippen molar-refractivity contribution >= 4 is 11.9 Å². The molecule has 0 spiro atoms. The Morgan fingerprint density at radius 2 is 1.77 bits per heavy atom. The summed E-state index contributed by atoms with van der Waals surface area (Å²) in [6, 6.07) is 6.14. The van der Waals surface area contributed by atoms with Gasteiger partial charge in [-0.2, -0.15) is 0 Å². The van der Waals surface area contributed by atoms with Crippen molar-refractivity contribution in [3.8, 4) is 0 Å². The summed E-state index contributed by atoms with van der Waals surface area (Å²) in [6.45, 7) is 0.425. The molecule has 2 bridgehead atoms. The molecule has 0 aliphatic heterocycles. The highest BCUT2D eigenvalue weighted by Gasteiger charge is 2.51. The van der Waals surface area contributed by atoms with Gasteiger partial charge in [0.15, 0.2) is 0 Å². The Labute approximate surface area is 128 Å². The maximum absolute atomic E-state index is 12.8. The number of benzene rings is 1. The number of hydrogen-bond donors (Lipinski definition) is 2. The van der Waals surface area contributed by atoms with Gasteiger partial charge in [-0.25, -0.2) is 4.39 Å². The third kappa shape index (κ3) is 2.75. The van der Waals surface area contributed by atoms with E-state index in [9.17, 15) is 19.1 Å². The van der Waals surface area contributed by atoms with E-state index in [-0.39, 0.29) is 23.6 Å². The van der Waals surface area contributed by atoms with E-state index in [1.165, 1.54) is 12.1 Å². The highest BCUT2D eigenvalue weighted by Crippen LogP contribution is 2.48. The molecule has 4 nitrogen and oxygen atoms in total. The van der Waals surface area contributed by atoms with Crippen LogP contribution in [0.2, 0.25) is 0 Å². The third-order valence-electron chi connectivity index (χ3n) is 4.67. The smallest absolute Gasteiger partial charge is 0.307 e. The van der Waals surface area contributed by atoms with E-state index in [0.717, 1.165) is 12.0 Å². The van der Waals surface area contributed by atoms with Crippen molar-refractivity contribution in [2.45, 2.75) is 12.8 Å². The first-order valence-electron chi connectivity index (χ1n) is 7.49. The van der Waals surface area contributed by atoms with Gasteiger partial charge >= 0.3 is 5.97 Å². The molecule has 1 amide bonds. The second-order valence-electron chi connectivity index (χ2n) is 6.01. The van der Waals surface area contributed by atoms with Crippen molar-refractivity contribution in [2.75, 3.05) is 6.54 Å². The van der Waals surface area contributed by atoms with Crippen LogP contribution in [0.15, 0.2) is 36.4 Å². The molecule has 0 aromatic heterocycles. The van der Waals surface area contributed by atoms with Gasteiger partial charge in [-0.05, 0) is 42.4 Å². The normalized spacial score (nSPS) is 28.8. The van der Waals surface area contributed by atoms with Crippen LogP contribution in [-0.2, 0) is 16.0 Å². The van der Waals surface area contributed by atoms with E-state index in [2.05, 4.69) is 5.32 Å². The first kappa shape index (κ1) is 14.8. The van der Waals surface area contributed by atoms with Crippen molar-refractivity contribution < 1.29 is 19.1 Å². The molecule has 0 heterocycles. The Kier molecular flexibility index (Phi) is 3.96. The van der Waals surface area contributed by atoms with Gasteiger partial charge in [0.25, 0.3) is 0 Å². The first-order chi connectivity index (χ1) is 10.6. The molecular formula is C17H18FNO3. The van der Waals surface area contributed by atoms with Gasteiger partial charge in [0, 0.05) is 6.54 Å². The van der Waals surface area contributed by atoms with E-state index < -0.39 is 17.8 Å². The zero-order valence-electron chi connectivity index (χ0n) is 12.0. The molecular weight excluding hydrogens is 285 g/mol. The van der Waals surface area contributed by atoms with Gasteiger partial charge in [-0.1, -0.05) is 24.3 Å². The zero-order valence-corrected chi connectivity index (χ0v) is 12.0. The number of allylic oxidation sites excluding steroid dienone is 2. The molecule has 0 saturated heterocycles. The van der Waals surface area contributed by atoms with Crippen LogP contribution < -0.4 is 5.32 Å². The predicted molar refractivity (Wildman–Crippen MR) is 78.5 cm³/mol. The molecule has 1 fully saturated rings. The summed E-state index contributed by atoms with van der Waals surface area (Å²) in [7, 11) is 0. The molecule has 2 N–H and O–H groups in total. The average Bonchev–Trinajstić information content (AvgIpc) is 3.09. The van der Waals surface area contributed by atoms with Gasteiger partial charge in [0.1, 0.15) is 5.82 Å². The zero-order chi connectivity index (χ0) is 15.7. The lowest BCUT2D eigenvalue weighted by molar-refractivity contribution is -0.147. The first-order valence-corrected chi connectivity index (χ1v) is 7.49. The summed E-state index contributed by atoms with van der Waals surface area (Å²) in [5.74, 6) is -2.43. The van der Waals surface area contributed by atoms with E-state index in [1.54, 1.807) is 12.1 Å². The lowest BCUT2D eigenvalue weighted by Crippen LogP contribution is -2.40. The quantitative estimate of drug-likeness (QED) is 0.818. The molecule has 22 heavy (non-hydrogen) atoms. The highest BCUT2D eigenvalue weighted by atomic mass is 19.1. The van der Waals surface area contributed by atoms with Crippen LogP contribution >= 0.6 is 0 Å². The molecule has 1 aromatic rings. The summed E-state index contributed by atoms with van der Waals surface area (Å²) in [5.41, 5.74) is 0.935. The second kappa shape index (κ2) is 5.91. The third-order valence-corrected chi connectivity index (χ3v) is 4.67. The Morgan fingerprint density at radius 3 is 2.41 bits per heavy atom. The predicted octanol–water partition coefficient (Wildman–Crippen LogP) is 2.01. The van der Waals surface area contributed by atoms with Crippen molar-refractivity contribution in [3.05, 3.63) is 47.8 Å². The van der Waals surface area contributed by atoms with Crippen molar-refractivity contribution in [1.82, 2.24) is 5.32 Å². The molecule has 1 aromatic carbocycles. The van der Waals surface area contributed by atoms with Crippen LogP contribution in [0, 0.1) is 29.5 Å². The summed E-state index contributed by atoms with van der Waals surface area (Å²) < 4.78 is 12.8. The number of hydrogen-bond acceptors (Lipinski definition) is 2. The molecule has 2 aliphatic rings. The second-order valence-corrected chi connectivity index (χ2v) is 6.01. The molecule has 1 saturated carbocycles. The van der Waals surface area contributed by atoms with Gasteiger partial charge in [0.2, 0.25) is 5.91 Å². The number of fused-ring (bicyclic) bond motifs is 2. The van der Waals surface area contributed by atoms with Crippen molar-refractivity contribution in [3.63, 3.8) is 0 Å². The number of carbonyl (C=O) groups excluding carboxylic acids is 1. The molecule has 5 heteroatoms. The minimum absolute atomic E-state index is 0.0182. The Balaban J connectivity index is 1.56. The maximum atomic E-state index is 12.8. The van der Waals surface area contributed by atoms with Crippen LogP contribution in [0.3, 0.4) is 0 Å². The number of halogens is 1. The molecule has 116 valence electrons. The summed E-state index contributed by atoms with van der Waals surface area (Å²) >= 11 is 0. The Bertz CT molecular complexity index is 611. The largest absolute Gasteiger partial charge is 0.481 e. The summed E-state index contributed by atoms with van der Waals surface area (Å²) in [5, 5.41) is 12.2. The van der Waals surface area contributed by atoms with Crippen LogP contribution in [0.1, 0.15) is 12.0 Å². The minimum Gasteiger partial charge on any atom is -0.481 e. The number of aliphatic carboxylic acids is 1. The summed E-state index contributed by atoms with van der Waals surface area (Å²) in [6.07, 6.45) is 5.24. The SMILES string of the molecule is O=C(NCCc1ccc(F)cc1)[C@@H]1[C@H](C(=O)O)[C@H]2C=C[C@H]1C2. The lowest BCUT2D eigenvalue weighted by atomic mass is 9.82. The van der Waals surface area contributed by atoms with E-state index in [4.69, 9.17) is 0 Å². The topological polar surface area (TPSA) is 66.4 Å². The standard InChI is InChI=1S/C17H18FNO3/c18-13-5-1-10(2-6-13)7-8-19-16(20)14-11-3-4-12(9-11)15(14)17(21)22/h1-6,11-12,14-15H,7-9H2,(H,19,20)(H,21,22)/t11-,12-,14-,15+/m0/s1. The fraction of sp³-hybridized carbons (Fsp3) is 0.412. The number of carboxylic acid groups (broad SMARTS) is 1. The van der Waals surface area contributed by atoms with Crippen molar-refractivity contribution in [1.29, 1.82) is 0 Å². The van der Waals surface area contributed by atoms with Gasteiger partial charge in [-0.15, -0.1) is 0 Å².